The molecule has 1 unspecified atom stereocenters. The van der Waals surface area contributed by atoms with Crippen LogP contribution in [-0.4, -0.2) is 35.1 Å². The van der Waals surface area contributed by atoms with Gasteiger partial charge in [0.05, 0.1) is 18.1 Å². The van der Waals surface area contributed by atoms with Crippen molar-refractivity contribution in [1.82, 2.24) is 10.3 Å². The first-order chi connectivity index (χ1) is 22.3. The maximum atomic E-state index is 13.3. The number of benzene rings is 4. The van der Waals surface area contributed by atoms with E-state index >= 15 is 0 Å². The van der Waals surface area contributed by atoms with Crippen LogP contribution in [0.4, 0.5) is 10.8 Å². The lowest BCUT2D eigenvalue weighted by Gasteiger charge is -2.13. The van der Waals surface area contributed by atoms with Gasteiger partial charge in [0.15, 0.2) is 5.13 Å². The largest absolute Gasteiger partial charge is 0.496 e. The van der Waals surface area contributed by atoms with E-state index in [1.165, 1.54) is 23.1 Å². The maximum absolute atomic E-state index is 13.3. The van der Waals surface area contributed by atoms with Gasteiger partial charge in [-0.1, -0.05) is 54.1 Å². The van der Waals surface area contributed by atoms with Crippen LogP contribution in [-0.2, 0) is 9.59 Å². The number of para-hydroxylation sites is 1. The number of halogens is 1. The Morgan fingerprint density at radius 2 is 1.65 bits per heavy atom. The first kappa shape index (κ1) is 32.5. The number of nitrogens with zero attached hydrogens (tertiary/aromatic N) is 1. The van der Waals surface area contributed by atoms with Gasteiger partial charge >= 0.3 is 0 Å². The Kier molecular flexibility index (Phi) is 10.9. The minimum atomic E-state index is -0.506. The molecule has 4 aromatic carbocycles. The van der Waals surface area contributed by atoms with Crippen molar-refractivity contribution in [1.29, 1.82) is 0 Å². The summed E-state index contributed by atoms with van der Waals surface area (Å²) in [5.74, 6) is -0.405. The number of amides is 3. The quantitative estimate of drug-likeness (QED) is 0.0972. The van der Waals surface area contributed by atoms with Crippen LogP contribution in [0.15, 0.2) is 119 Å². The van der Waals surface area contributed by atoms with Crippen molar-refractivity contribution in [3.8, 4) is 17.0 Å². The molecular weight excluding hydrogens is 640 g/mol. The molecule has 0 aliphatic carbocycles. The van der Waals surface area contributed by atoms with Crippen LogP contribution in [0.1, 0.15) is 22.8 Å². The number of hydrogen-bond donors (Lipinski definition) is 3. The van der Waals surface area contributed by atoms with Gasteiger partial charge < -0.3 is 20.7 Å². The molecule has 1 aromatic heterocycles. The number of thiazole rings is 1. The molecule has 0 bridgehead atoms. The Morgan fingerprint density at radius 1 is 0.913 bits per heavy atom. The van der Waals surface area contributed by atoms with E-state index in [4.69, 9.17) is 16.3 Å². The number of thioether (sulfide) groups is 1. The molecule has 5 aromatic rings. The Morgan fingerprint density at radius 3 is 2.39 bits per heavy atom. The first-order valence-electron chi connectivity index (χ1n) is 14.1. The Labute approximate surface area is 279 Å². The zero-order valence-electron chi connectivity index (χ0n) is 24.8. The lowest BCUT2D eigenvalue weighted by molar-refractivity contribution is -0.115. The molecule has 1 heterocycles. The van der Waals surface area contributed by atoms with Crippen LogP contribution in [0.25, 0.3) is 17.3 Å². The number of hydrogen-bond acceptors (Lipinski definition) is 7. The average Bonchev–Trinajstić information content (AvgIpc) is 3.53. The highest BCUT2D eigenvalue weighted by Crippen LogP contribution is 2.32. The maximum Gasteiger partial charge on any atom is 0.272 e. The molecule has 0 saturated carbocycles. The van der Waals surface area contributed by atoms with Crippen LogP contribution >= 0.6 is 34.7 Å². The molecular formula is C35H29ClN4O4S2. The second-order valence-corrected chi connectivity index (χ2v) is 12.6. The second kappa shape index (κ2) is 15.4. The fourth-order valence-electron chi connectivity index (χ4n) is 4.30. The smallest absolute Gasteiger partial charge is 0.272 e. The van der Waals surface area contributed by atoms with Gasteiger partial charge in [-0.25, -0.2) is 4.98 Å². The summed E-state index contributed by atoms with van der Waals surface area (Å²) in [7, 11) is 1.61. The molecule has 3 N–H and O–H groups in total. The molecule has 3 amide bonds. The highest BCUT2D eigenvalue weighted by atomic mass is 35.5. The highest BCUT2D eigenvalue weighted by Gasteiger charge is 2.18. The molecule has 0 radical (unpaired) electrons. The van der Waals surface area contributed by atoms with Gasteiger partial charge in [0.1, 0.15) is 11.4 Å². The number of rotatable bonds is 11. The van der Waals surface area contributed by atoms with E-state index in [-0.39, 0.29) is 11.6 Å². The molecule has 5 rings (SSSR count). The highest BCUT2D eigenvalue weighted by molar-refractivity contribution is 8.00. The van der Waals surface area contributed by atoms with Crippen molar-refractivity contribution in [2.45, 2.75) is 17.1 Å². The number of ether oxygens (including phenoxy) is 1. The Bertz CT molecular complexity index is 1880. The van der Waals surface area contributed by atoms with Crippen molar-refractivity contribution in [2.75, 3.05) is 17.7 Å². The summed E-state index contributed by atoms with van der Waals surface area (Å²) < 4.78 is 5.42. The fraction of sp³-hybridized carbons (Fsp3) is 0.0857. The number of methoxy groups -OCH3 is 1. The van der Waals surface area contributed by atoms with Crippen LogP contribution in [0.5, 0.6) is 5.75 Å². The van der Waals surface area contributed by atoms with Gasteiger partial charge in [0, 0.05) is 32.1 Å². The lowest BCUT2D eigenvalue weighted by atomic mass is 10.1. The van der Waals surface area contributed by atoms with Crippen molar-refractivity contribution in [3.05, 3.63) is 130 Å². The number of carbonyl (C=O) groups excluding carboxylic acids is 3. The molecule has 0 aliphatic heterocycles. The summed E-state index contributed by atoms with van der Waals surface area (Å²) in [6.45, 7) is 1.81. The van der Waals surface area contributed by atoms with E-state index < -0.39 is 17.1 Å². The first-order valence-corrected chi connectivity index (χ1v) is 16.2. The zero-order chi connectivity index (χ0) is 32.5. The Balaban J connectivity index is 1.21. The summed E-state index contributed by atoms with van der Waals surface area (Å²) >= 11 is 8.85. The molecule has 0 fully saturated rings. The molecule has 0 spiro atoms. The van der Waals surface area contributed by atoms with Crippen LogP contribution < -0.4 is 20.7 Å². The normalized spacial score (nSPS) is 11.8. The van der Waals surface area contributed by atoms with E-state index in [9.17, 15) is 14.4 Å². The van der Waals surface area contributed by atoms with Crippen molar-refractivity contribution < 1.29 is 19.1 Å². The molecule has 232 valence electrons. The van der Waals surface area contributed by atoms with E-state index in [0.717, 1.165) is 16.2 Å². The molecule has 46 heavy (non-hydrogen) atoms. The lowest BCUT2D eigenvalue weighted by Crippen LogP contribution is -2.30. The van der Waals surface area contributed by atoms with Gasteiger partial charge in [-0.15, -0.1) is 23.1 Å². The summed E-state index contributed by atoms with van der Waals surface area (Å²) in [6, 6.07) is 30.3. The minimum absolute atomic E-state index is 0.0518. The standard InChI is InChI=1S/C35H29ClN4O4S2/c1-22(32(41)40-35-39-30(21-45-35)28-13-6-7-14-31(28)44-2)46-27-17-15-26(16-18-27)37-34(43)29(20-23-9-8-12-25(36)19-23)38-33(42)24-10-4-3-5-11-24/h3-22H,1-2H3,(H,37,43)(H,38,42)(H,39,40,41)/b29-20-. The summed E-state index contributed by atoms with van der Waals surface area (Å²) in [6.07, 6.45) is 1.56. The van der Waals surface area contributed by atoms with Crippen LogP contribution in [0.2, 0.25) is 5.02 Å². The molecule has 0 saturated heterocycles. The van der Waals surface area contributed by atoms with Crippen molar-refractivity contribution >= 4 is 69.3 Å². The van der Waals surface area contributed by atoms with Crippen molar-refractivity contribution in [2.24, 2.45) is 0 Å². The molecule has 1 atom stereocenters. The van der Waals surface area contributed by atoms with Gasteiger partial charge in [-0.2, -0.15) is 0 Å². The van der Waals surface area contributed by atoms with Crippen molar-refractivity contribution in [3.63, 3.8) is 0 Å². The number of nitrogens with one attached hydrogen (secondary N) is 3. The monoisotopic (exact) mass is 668 g/mol. The van der Waals surface area contributed by atoms with E-state index in [1.54, 1.807) is 73.8 Å². The topological polar surface area (TPSA) is 109 Å². The van der Waals surface area contributed by atoms with Gasteiger partial charge in [-0.3, -0.25) is 14.4 Å². The third-order valence-corrected chi connectivity index (χ3v) is 8.70. The fourth-order valence-corrected chi connectivity index (χ4v) is 6.08. The van der Waals surface area contributed by atoms with Gasteiger partial charge in [0.25, 0.3) is 11.8 Å². The minimum Gasteiger partial charge on any atom is -0.496 e. The molecule has 11 heteroatoms. The zero-order valence-corrected chi connectivity index (χ0v) is 27.2. The molecule has 0 aliphatic rings. The Hall–Kier alpha value is -4.90. The van der Waals surface area contributed by atoms with Crippen LogP contribution in [0.3, 0.4) is 0 Å². The SMILES string of the molecule is COc1ccccc1-c1csc(NC(=O)C(C)Sc2ccc(NC(=O)/C(=C/c3cccc(Cl)c3)NC(=O)c3ccccc3)cc2)n1. The second-order valence-electron chi connectivity index (χ2n) is 9.90. The number of anilines is 2. The summed E-state index contributed by atoms with van der Waals surface area (Å²) in [5, 5.41) is 10.9. The summed E-state index contributed by atoms with van der Waals surface area (Å²) in [4.78, 5) is 44.5. The third-order valence-electron chi connectivity index (χ3n) is 6.60. The summed E-state index contributed by atoms with van der Waals surface area (Å²) in [5.41, 5.74) is 3.21. The van der Waals surface area contributed by atoms with Gasteiger partial charge in [0.2, 0.25) is 5.91 Å². The average molecular weight is 669 g/mol. The predicted molar refractivity (Wildman–Crippen MR) is 186 cm³/mol. The number of aromatic nitrogens is 1. The number of carbonyl (C=O) groups is 3. The van der Waals surface area contributed by atoms with E-state index in [2.05, 4.69) is 20.9 Å². The van der Waals surface area contributed by atoms with E-state index in [1.807, 2.05) is 54.8 Å². The third kappa shape index (κ3) is 8.63. The molecule has 8 nitrogen and oxygen atoms in total. The van der Waals surface area contributed by atoms with Gasteiger partial charge in [-0.05, 0) is 79.2 Å². The van der Waals surface area contributed by atoms with E-state index in [0.29, 0.717) is 32.7 Å². The van der Waals surface area contributed by atoms with Crippen LogP contribution in [0, 0.1) is 0 Å². The predicted octanol–water partition coefficient (Wildman–Crippen LogP) is 8.00.